The second-order valence-electron chi connectivity index (χ2n) is 6.35. The summed E-state index contributed by atoms with van der Waals surface area (Å²) in [7, 11) is 0. The van der Waals surface area contributed by atoms with Crippen LogP contribution in [0.1, 0.15) is 33.7 Å². The van der Waals surface area contributed by atoms with Gasteiger partial charge in [0.1, 0.15) is 5.01 Å². The predicted octanol–water partition coefficient (Wildman–Crippen LogP) is 2.30. The van der Waals surface area contributed by atoms with E-state index < -0.39 is 0 Å². The van der Waals surface area contributed by atoms with Gasteiger partial charge >= 0.3 is 0 Å². The van der Waals surface area contributed by atoms with Crippen molar-refractivity contribution in [2.45, 2.75) is 32.9 Å². The highest BCUT2D eigenvalue weighted by Crippen LogP contribution is 2.23. The van der Waals surface area contributed by atoms with E-state index in [9.17, 15) is 9.90 Å². The van der Waals surface area contributed by atoms with Gasteiger partial charge in [-0.15, -0.1) is 10.2 Å². The molecule has 2 N–H and O–H groups in total. The van der Waals surface area contributed by atoms with Crippen molar-refractivity contribution >= 4 is 22.9 Å². The van der Waals surface area contributed by atoms with Crippen LogP contribution in [-0.2, 0) is 6.54 Å². The van der Waals surface area contributed by atoms with Crippen LogP contribution in [0.2, 0.25) is 0 Å². The standard InChI is InChI=1S/C17H22N4O2S/c1-11-3-5-14(6-4-11)18-16(23)17-20-19-15(24-17)10-21-8-7-13(9-21)12(2)22/h3-6,12-13,22H,7-10H2,1-2H3,(H,18,23). The zero-order chi connectivity index (χ0) is 17.1. The lowest BCUT2D eigenvalue weighted by molar-refractivity contribution is 0.102. The van der Waals surface area contributed by atoms with Gasteiger partial charge in [-0.1, -0.05) is 29.0 Å². The molecule has 1 aromatic carbocycles. The van der Waals surface area contributed by atoms with E-state index in [0.717, 1.165) is 35.8 Å². The minimum atomic E-state index is -0.278. The molecule has 1 amide bonds. The predicted molar refractivity (Wildman–Crippen MR) is 94.1 cm³/mol. The van der Waals surface area contributed by atoms with Gasteiger partial charge in [-0.25, -0.2) is 0 Å². The number of aryl methyl sites for hydroxylation is 1. The number of hydrogen-bond donors (Lipinski definition) is 2. The molecule has 6 nitrogen and oxygen atoms in total. The van der Waals surface area contributed by atoms with Crippen LogP contribution in [0, 0.1) is 12.8 Å². The molecule has 2 heterocycles. The first-order valence-electron chi connectivity index (χ1n) is 8.12. The van der Waals surface area contributed by atoms with Crippen molar-refractivity contribution in [2.24, 2.45) is 5.92 Å². The minimum Gasteiger partial charge on any atom is -0.393 e. The van der Waals surface area contributed by atoms with Crippen molar-refractivity contribution in [3.8, 4) is 0 Å². The van der Waals surface area contributed by atoms with Crippen LogP contribution in [0.15, 0.2) is 24.3 Å². The molecule has 24 heavy (non-hydrogen) atoms. The first-order chi connectivity index (χ1) is 11.5. The largest absolute Gasteiger partial charge is 0.393 e. The SMILES string of the molecule is Cc1ccc(NC(=O)c2nnc(CN3CCC(C(C)O)C3)s2)cc1. The maximum absolute atomic E-state index is 12.2. The summed E-state index contributed by atoms with van der Waals surface area (Å²) in [5.41, 5.74) is 1.90. The summed E-state index contributed by atoms with van der Waals surface area (Å²) in [6, 6.07) is 7.64. The van der Waals surface area contributed by atoms with Crippen molar-refractivity contribution in [1.29, 1.82) is 0 Å². The first-order valence-corrected chi connectivity index (χ1v) is 8.94. The number of amides is 1. The number of carbonyl (C=O) groups excluding carboxylic acids is 1. The van der Waals surface area contributed by atoms with E-state index in [-0.39, 0.29) is 12.0 Å². The molecule has 1 aliphatic rings. The van der Waals surface area contributed by atoms with Crippen molar-refractivity contribution in [2.75, 3.05) is 18.4 Å². The van der Waals surface area contributed by atoms with E-state index in [1.165, 1.54) is 11.3 Å². The molecule has 2 atom stereocenters. The number of carbonyl (C=O) groups is 1. The van der Waals surface area contributed by atoms with Gasteiger partial charge < -0.3 is 10.4 Å². The summed E-state index contributed by atoms with van der Waals surface area (Å²) in [6.45, 7) is 6.33. The zero-order valence-electron chi connectivity index (χ0n) is 13.9. The second kappa shape index (κ2) is 7.38. The van der Waals surface area contributed by atoms with Gasteiger partial charge in [0, 0.05) is 12.2 Å². The maximum Gasteiger partial charge on any atom is 0.286 e. The quantitative estimate of drug-likeness (QED) is 0.868. The number of likely N-dealkylation sites (tertiary alicyclic amines) is 1. The van der Waals surface area contributed by atoms with Gasteiger partial charge in [0.2, 0.25) is 5.01 Å². The molecule has 1 saturated heterocycles. The number of nitrogens with one attached hydrogen (secondary N) is 1. The number of aliphatic hydroxyl groups is 1. The second-order valence-corrected chi connectivity index (χ2v) is 7.41. The Bertz CT molecular complexity index is 699. The number of aromatic nitrogens is 2. The number of hydrogen-bond acceptors (Lipinski definition) is 6. The van der Waals surface area contributed by atoms with Crippen molar-refractivity contribution in [1.82, 2.24) is 15.1 Å². The number of anilines is 1. The summed E-state index contributed by atoms with van der Waals surface area (Å²) < 4.78 is 0. The van der Waals surface area contributed by atoms with Gasteiger partial charge in [0.05, 0.1) is 12.6 Å². The highest BCUT2D eigenvalue weighted by atomic mass is 32.1. The van der Waals surface area contributed by atoms with Crippen LogP contribution in [0.3, 0.4) is 0 Å². The van der Waals surface area contributed by atoms with E-state index >= 15 is 0 Å². The van der Waals surface area contributed by atoms with Gasteiger partial charge in [-0.05, 0) is 44.9 Å². The van der Waals surface area contributed by atoms with Crippen molar-refractivity contribution in [3.05, 3.63) is 39.8 Å². The Hall–Kier alpha value is -1.83. The molecular weight excluding hydrogens is 324 g/mol. The van der Waals surface area contributed by atoms with E-state index in [4.69, 9.17) is 0 Å². The number of rotatable bonds is 5. The molecule has 2 aromatic rings. The number of aliphatic hydroxyl groups excluding tert-OH is 1. The normalized spacial score (nSPS) is 19.4. The molecule has 1 aromatic heterocycles. The first kappa shape index (κ1) is 17.0. The third kappa shape index (κ3) is 4.17. The fourth-order valence-corrected chi connectivity index (χ4v) is 3.60. The van der Waals surface area contributed by atoms with Crippen LogP contribution in [0.25, 0.3) is 0 Å². The van der Waals surface area contributed by atoms with Gasteiger partial charge in [0.25, 0.3) is 5.91 Å². The van der Waals surface area contributed by atoms with Crippen LogP contribution in [0.4, 0.5) is 5.69 Å². The minimum absolute atomic E-state index is 0.231. The number of nitrogens with zero attached hydrogens (tertiary/aromatic N) is 3. The highest BCUT2D eigenvalue weighted by molar-refractivity contribution is 7.13. The molecule has 2 unspecified atom stereocenters. The summed E-state index contributed by atoms with van der Waals surface area (Å²) >= 11 is 1.32. The van der Waals surface area contributed by atoms with Gasteiger partial charge in [-0.3, -0.25) is 9.69 Å². The van der Waals surface area contributed by atoms with Crippen LogP contribution >= 0.6 is 11.3 Å². The Morgan fingerprint density at radius 2 is 2.17 bits per heavy atom. The van der Waals surface area contributed by atoms with Crippen molar-refractivity contribution in [3.63, 3.8) is 0 Å². The number of benzene rings is 1. The van der Waals surface area contributed by atoms with E-state index in [1.807, 2.05) is 38.1 Å². The Morgan fingerprint density at radius 1 is 1.42 bits per heavy atom. The van der Waals surface area contributed by atoms with Gasteiger partial charge in [-0.2, -0.15) is 0 Å². The molecule has 3 rings (SSSR count). The molecule has 0 aliphatic carbocycles. The molecular formula is C17H22N4O2S. The molecule has 7 heteroatoms. The van der Waals surface area contributed by atoms with Crippen molar-refractivity contribution < 1.29 is 9.90 Å². The average molecular weight is 346 g/mol. The Kier molecular flexibility index (Phi) is 5.23. The third-order valence-electron chi connectivity index (χ3n) is 4.32. The molecule has 0 bridgehead atoms. The smallest absolute Gasteiger partial charge is 0.286 e. The van der Waals surface area contributed by atoms with Crippen LogP contribution in [-0.4, -0.2) is 45.3 Å². The molecule has 128 valence electrons. The third-order valence-corrected chi connectivity index (χ3v) is 5.23. The highest BCUT2D eigenvalue weighted by Gasteiger charge is 2.26. The van der Waals surface area contributed by atoms with Gasteiger partial charge in [0.15, 0.2) is 0 Å². The summed E-state index contributed by atoms with van der Waals surface area (Å²) in [5.74, 6) is 0.0908. The summed E-state index contributed by atoms with van der Waals surface area (Å²) in [5, 5.41) is 21.8. The zero-order valence-corrected chi connectivity index (χ0v) is 14.7. The summed E-state index contributed by atoms with van der Waals surface area (Å²) in [6.07, 6.45) is 0.720. The molecule has 0 saturated carbocycles. The molecule has 0 spiro atoms. The monoisotopic (exact) mass is 346 g/mol. The average Bonchev–Trinajstić information content (AvgIpc) is 3.19. The lowest BCUT2D eigenvalue weighted by Gasteiger charge is -2.15. The fraction of sp³-hybridized carbons (Fsp3) is 0.471. The van der Waals surface area contributed by atoms with Crippen LogP contribution in [0.5, 0.6) is 0 Å². The van der Waals surface area contributed by atoms with E-state index in [2.05, 4.69) is 20.4 Å². The Balaban J connectivity index is 1.57. The Labute approximate surface area is 145 Å². The lowest BCUT2D eigenvalue weighted by Crippen LogP contribution is -2.23. The molecule has 1 aliphatic heterocycles. The maximum atomic E-state index is 12.2. The lowest BCUT2D eigenvalue weighted by atomic mass is 10.0. The summed E-state index contributed by atoms with van der Waals surface area (Å²) in [4.78, 5) is 14.5. The van der Waals surface area contributed by atoms with Crippen LogP contribution < -0.4 is 5.32 Å². The molecule has 0 radical (unpaired) electrons. The van der Waals surface area contributed by atoms with E-state index in [1.54, 1.807) is 0 Å². The molecule has 1 fully saturated rings. The Morgan fingerprint density at radius 3 is 2.83 bits per heavy atom. The topological polar surface area (TPSA) is 78.4 Å². The van der Waals surface area contributed by atoms with E-state index in [0.29, 0.717) is 17.5 Å². The fourth-order valence-electron chi connectivity index (χ4n) is 2.82.